The van der Waals surface area contributed by atoms with Crippen LogP contribution in [0.15, 0.2) is 96.5 Å². The van der Waals surface area contributed by atoms with Crippen LogP contribution in [0.3, 0.4) is 0 Å². The molecular weight excluding hydrogens is 736 g/mol. The SMILES string of the molecule is C=CC(=O)OCCCCOC(=O)Oc1ccc(C(=O)Oc2ccc(OC(=O)c3ccc(OC(=O)OCCCCOC(=O)C=C)cc3)c(Br)c2)cc1. The number of carbonyl (C=O) groups is 6. The predicted molar refractivity (Wildman–Crippen MR) is 182 cm³/mol. The van der Waals surface area contributed by atoms with Crippen LogP contribution in [-0.2, 0) is 28.5 Å². The van der Waals surface area contributed by atoms with Gasteiger partial charge in [-0.1, -0.05) is 13.2 Å². The van der Waals surface area contributed by atoms with E-state index in [2.05, 4.69) is 29.1 Å². The van der Waals surface area contributed by atoms with Crippen LogP contribution in [0.1, 0.15) is 46.4 Å². The number of esters is 4. The summed E-state index contributed by atoms with van der Waals surface area (Å²) in [7, 11) is 0. The highest BCUT2D eigenvalue weighted by atomic mass is 79.9. The number of unbranched alkanes of at least 4 members (excludes halogenated alkanes) is 2. The minimum atomic E-state index is -0.933. The van der Waals surface area contributed by atoms with Crippen molar-refractivity contribution in [2.45, 2.75) is 25.7 Å². The minimum absolute atomic E-state index is 0.0621. The highest BCUT2D eigenvalue weighted by molar-refractivity contribution is 9.10. The van der Waals surface area contributed by atoms with E-state index in [0.717, 1.165) is 12.2 Å². The molecule has 51 heavy (non-hydrogen) atoms. The Kier molecular flexibility index (Phi) is 16.4. The Labute approximate surface area is 300 Å². The van der Waals surface area contributed by atoms with Crippen molar-refractivity contribution in [2.75, 3.05) is 26.4 Å². The third kappa shape index (κ3) is 14.6. The average molecular weight is 770 g/mol. The summed E-state index contributed by atoms with van der Waals surface area (Å²) in [5.74, 6) is -1.88. The van der Waals surface area contributed by atoms with Gasteiger partial charge in [0.05, 0.1) is 42.0 Å². The van der Waals surface area contributed by atoms with Crippen LogP contribution in [0.25, 0.3) is 0 Å². The van der Waals surface area contributed by atoms with Gasteiger partial charge in [-0.05, 0) is 108 Å². The van der Waals surface area contributed by atoms with E-state index in [0.29, 0.717) is 30.2 Å². The van der Waals surface area contributed by atoms with Gasteiger partial charge in [0.2, 0.25) is 0 Å². The van der Waals surface area contributed by atoms with Crippen LogP contribution in [-0.4, -0.2) is 62.6 Å². The molecule has 0 unspecified atom stereocenters. The molecule has 0 N–H and O–H groups in total. The normalized spacial score (nSPS) is 10.1. The monoisotopic (exact) mass is 768 g/mol. The summed E-state index contributed by atoms with van der Waals surface area (Å²) in [4.78, 5) is 71.1. The Hall–Kier alpha value is -5.96. The molecule has 0 amide bonds. The van der Waals surface area contributed by atoms with E-state index in [1.807, 2.05) is 0 Å². The third-order valence-corrected chi connectivity index (χ3v) is 6.86. The fourth-order valence-electron chi connectivity index (χ4n) is 3.70. The molecular formula is C36H33BrO14. The van der Waals surface area contributed by atoms with Gasteiger partial charge in [-0.3, -0.25) is 0 Å². The number of benzene rings is 3. The zero-order chi connectivity index (χ0) is 37.0. The van der Waals surface area contributed by atoms with E-state index in [-0.39, 0.29) is 60.6 Å². The second kappa shape index (κ2) is 21.2. The van der Waals surface area contributed by atoms with Gasteiger partial charge in [-0.2, -0.15) is 0 Å². The van der Waals surface area contributed by atoms with Crippen LogP contribution in [0.2, 0.25) is 0 Å². The van der Waals surface area contributed by atoms with Gasteiger partial charge in [0.1, 0.15) is 23.0 Å². The second-order valence-electron chi connectivity index (χ2n) is 9.98. The van der Waals surface area contributed by atoms with Crippen LogP contribution >= 0.6 is 15.9 Å². The van der Waals surface area contributed by atoms with Crippen LogP contribution < -0.4 is 18.9 Å². The highest BCUT2D eigenvalue weighted by Gasteiger charge is 2.16. The standard InChI is InChI=1S/C36H33BrO14/c1-3-31(38)44-19-5-7-21-46-35(42)49-26-13-9-24(10-14-26)33(40)48-28-17-18-30(29(37)23-28)51-34(41)25-11-15-27(16-12-25)50-36(43)47-22-8-6-20-45-32(39)4-2/h3-4,9-18,23H,1-2,5-8,19-22H2. The second-order valence-corrected chi connectivity index (χ2v) is 10.8. The molecule has 0 aliphatic heterocycles. The number of halogens is 1. The maximum atomic E-state index is 12.7. The lowest BCUT2D eigenvalue weighted by Gasteiger charge is -2.10. The van der Waals surface area contributed by atoms with Crippen molar-refractivity contribution >= 4 is 52.1 Å². The third-order valence-electron chi connectivity index (χ3n) is 6.24. The Balaban J connectivity index is 1.40. The molecule has 3 aromatic rings. The van der Waals surface area contributed by atoms with Crippen LogP contribution in [0.5, 0.6) is 23.0 Å². The van der Waals surface area contributed by atoms with Gasteiger partial charge < -0.3 is 37.9 Å². The molecule has 0 aliphatic rings. The van der Waals surface area contributed by atoms with Gasteiger partial charge in [-0.15, -0.1) is 0 Å². The lowest BCUT2D eigenvalue weighted by molar-refractivity contribution is -0.138. The zero-order valence-corrected chi connectivity index (χ0v) is 28.8. The number of ether oxygens (including phenoxy) is 8. The van der Waals surface area contributed by atoms with Crippen LogP contribution in [0, 0.1) is 0 Å². The number of hydrogen-bond acceptors (Lipinski definition) is 14. The topological polar surface area (TPSA) is 176 Å². The van der Waals surface area contributed by atoms with E-state index in [4.69, 9.17) is 37.9 Å². The molecule has 14 nitrogen and oxygen atoms in total. The molecule has 15 heteroatoms. The molecule has 0 radical (unpaired) electrons. The quantitative estimate of drug-likeness (QED) is 0.0325. The van der Waals surface area contributed by atoms with Crippen molar-refractivity contribution in [1.82, 2.24) is 0 Å². The van der Waals surface area contributed by atoms with Crippen molar-refractivity contribution < 1.29 is 66.7 Å². The largest absolute Gasteiger partial charge is 0.513 e. The predicted octanol–water partition coefficient (Wildman–Crippen LogP) is 6.94. The van der Waals surface area contributed by atoms with Crippen molar-refractivity contribution in [3.8, 4) is 23.0 Å². The Bertz CT molecular complexity index is 1700. The smallest absolute Gasteiger partial charge is 0.463 e. The summed E-state index contributed by atoms with van der Waals surface area (Å²) in [5, 5.41) is 0. The summed E-state index contributed by atoms with van der Waals surface area (Å²) in [6, 6.07) is 15.5. The fourth-order valence-corrected chi connectivity index (χ4v) is 4.14. The minimum Gasteiger partial charge on any atom is -0.463 e. The van der Waals surface area contributed by atoms with E-state index >= 15 is 0 Å². The fraction of sp³-hybridized carbons (Fsp3) is 0.222. The molecule has 0 bridgehead atoms. The summed E-state index contributed by atoms with van der Waals surface area (Å²) >= 11 is 3.30. The number of rotatable bonds is 18. The Morgan fingerprint density at radius 2 is 0.902 bits per heavy atom. The van der Waals surface area contributed by atoms with E-state index < -0.39 is 36.2 Å². The average Bonchev–Trinajstić information content (AvgIpc) is 3.12. The van der Waals surface area contributed by atoms with Gasteiger partial charge in [-0.25, -0.2) is 28.8 Å². The van der Waals surface area contributed by atoms with E-state index in [1.165, 1.54) is 66.7 Å². The summed E-state index contributed by atoms with van der Waals surface area (Å²) < 4.78 is 40.9. The van der Waals surface area contributed by atoms with Gasteiger partial charge in [0, 0.05) is 12.2 Å². The maximum absolute atomic E-state index is 12.7. The molecule has 0 saturated heterocycles. The van der Waals surface area contributed by atoms with Crippen molar-refractivity contribution in [1.29, 1.82) is 0 Å². The Morgan fingerprint density at radius 1 is 0.510 bits per heavy atom. The molecule has 3 aromatic carbocycles. The van der Waals surface area contributed by atoms with Crippen molar-refractivity contribution in [3.05, 3.63) is 108 Å². The first-order valence-electron chi connectivity index (χ1n) is 15.3. The van der Waals surface area contributed by atoms with Crippen molar-refractivity contribution in [3.63, 3.8) is 0 Å². The summed E-state index contributed by atoms with van der Waals surface area (Å²) in [6.07, 6.45) is 2.15. The van der Waals surface area contributed by atoms with E-state index in [9.17, 15) is 28.8 Å². The molecule has 0 aliphatic carbocycles. The molecule has 0 heterocycles. The molecule has 0 fully saturated rings. The molecule has 0 aromatic heterocycles. The summed E-state index contributed by atoms with van der Waals surface area (Å²) in [5.41, 5.74) is 0.331. The first-order chi connectivity index (χ1) is 24.6. The molecule has 0 saturated carbocycles. The van der Waals surface area contributed by atoms with Crippen molar-refractivity contribution in [2.24, 2.45) is 0 Å². The van der Waals surface area contributed by atoms with Crippen LogP contribution in [0.4, 0.5) is 9.59 Å². The number of carbonyl (C=O) groups excluding carboxylic acids is 6. The Morgan fingerprint density at radius 3 is 1.31 bits per heavy atom. The first kappa shape index (κ1) is 39.5. The first-order valence-corrected chi connectivity index (χ1v) is 16.1. The maximum Gasteiger partial charge on any atom is 0.513 e. The highest BCUT2D eigenvalue weighted by Crippen LogP contribution is 2.30. The lowest BCUT2D eigenvalue weighted by atomic mass is 10.2. The molecule has 0 atom stereocenters. The molecule has 0 spiro atoms. The summed E-state index contributed by atoms with van der Waals surface area (Å²) in [6.45, 7) is 7.06. The number of hydrogen-bond donors (Lipinski definition) is 0. The van der Waals surface area contributed by atoms with Gasteiger partial charge in [0.15, 0.2) is 0 Å². The van der Waals surface area contributed by atoms with E-state index in [1.54, 1.807) is 0 Å². The zero-order valence-electron chi connectivity index (χ0n) is 27.2. The molecule has 3 rings (SSSR count). The van der Waals surface area contributed by atoms with Gasteiger partial charge >= 0.3 is 36.2 Å². The molecule has 268 valence electrons. The lowest BCUT2D eigenvalue weighted by Crippen LogP contribution is -2.13. The van der Waals surface area contributed by atoms with Gasteiger partial charge in [0.25, 0.3) is 0 Å².